The Hall–Kier alpha value is -1.55. The Balaban J connectivity index is 2.57. The zero-order valence-electron chi connectivity index (χ0n) is 11.5. The van der Waals surface area contributed by atoms with Crippen molar-refractivity contribution in [2.45, 2.75) is 20.8 Å². The molecule has 0 saturated carbocycles. The van der Waals surface area contributed by atoms with Crippen molar-refractivity contribution >= 4 is 17.3 Å². The monoisotopic (exact) mass is 249 g/mol. The van der Waals surface area contributed by atoms with E-state index >= 15 is 0 Å². The highest BCUT2D eigenvalue weighted by Gasteiger charge is 2.03. The van der Waals surface area contributed by atoms with Gasteiger partial charge in [0.2, 0.25) is 5.91 Å². The molecule has 100 valence electrons. The Morgan fingerprint density at radius 1 is 1.11 bits per heavy atom. The number of amides is 1. The summed E-state index contributed by atoms with van der Waals surface area (Å²) < 4.78 is 0. The highest BCUT2D eigenvalue weighted by atomic mass is 16.1. The van der Waals surface area contributed by atoms with Gasteiger partial charge < -0.3 is 15.5 Å². The standard InChI is InChI=1S/C14H23N3O/c1-4-15-11-14(18)16-12-7-9-13(10-8-12)17(5-2)6-3/h7-10,15H,4-6,11H2,1-3H3,(H,16,18). The van der Waals surface area contributed by atoms with Crippen LogP contribution in [0.25, 0.3) is 0 Å². The summed E-state index contributed by atoms with van der Waals surface area (Å²) in [5.41, 5.74) is 2.03. The number of likely N-dealkylation sites (N-methyl/N-ethyl adjacent to an activating group) is 1. The van der Waals surface area contributed by atoms with Crippen molar-refractivity contribution in [1.82, 2.24) is 5.32 Å². The lowest BCUT2D eigenvalue weighted by Gasteiger charge is -2.21. The quantitative estimate of drug-likeness (QED) is 0.777. The minimum absolute atomic E-state index is 0.00700. The third-order valence-electron chi connectivity index (χ3n) is 2.82. The number of hydrogen-bond donors (Lipinski definition) is 2. The lowest BCUT2D eigenvalue weighted by Crippen LogP contribution is -2.27. The molecule has 2 N–H and O–H groups in total. The summed E-state index contributed by atoms with van der Waals surface area (Å²) in [7, 11) is 0. The Labute approximate surface area is 109 Å². The fourth-order valence-corrected chi connectivity index (χ4v) is 1.79. The molecule has 18 heavy (non-hydrogen) atoms. The van der Waals surface area contributed by atoms with Crippen LogP contribution < -0.4 is 15.5 Å². The highest BCUT2D eigenvalue weighted by molar-refractivity contribution is 5.92. The SMILES string of the molecule is CCNCC(=O)Nc1ccc(N(CC)CC)cc1. The summed E-state index contributed by atoms with van der Waals surface area (Å²) >= 11 is 0. The first-order valence-corrected chi connectivity index (χ1v) is 6.56. The summed E-state index contributed by atoms with van der Waals surface area (Å²) in [5.74, 6) is -0.00700. The maximum atomic E-state index is 11.5. The topological polar surface area (TPSA) is 44.4 Å². The molecule has 1 amide bonds. The van der Waals surface area contributed by atoms with Gasteiger partial charge >= 0.3 is 0 Å². The van der Waals surface area contributed by atoms with E-state index in [-0.39, 0.29) is 5.91 Å². The smallest absolute Gasteiger partial charge is 0.238 e. The van der Waals surface area contributed by atoms with Gasteiger partial charge in [-0.25, -0.2) is 0 Å². The van der Waals surface area contributed by atoms with E-state index in [4.69, 9.17) is 0 Å². The van der Waals surface area contributed by atoms with Crippen molar-refractivity contribution in [3.8, 4) is 0 Å². The van der Waals surface area contributed by atoms with Crippen molar-refractivity contribution in [3.05, 3.63) is 24.3 Å². The van der Waals surface area contributed by atoms with Crippen molar-refractivity contribution in [3.63, 3.8) is 0 Å². The van der Waals surface area contributed by atoms with Gasteiger partial charge in [-0.05, 0) is 44.7 Å². The predicted molar refractivity (Wildman–Crippen MR) is 77.2 cm³/mol. The first-order chi connectivity index (χ1) is 8.71. The summed E-state index contributed by atoms with van der Waals surface area (Å²) in [6.45, 7) is 9.38. The minimum atomic E-state index is -0.00700. The number of nitrogens with one attached hydrogen (secondary N) is 2. The van der Waals surface area contributed by atoms with Crippen LogP contribution in [-0.2, 0) is 4.79 Å². The van der Waals surface area contributed by atoms with Crippen LogP contribution in [0.4, 0.5) is 11.4 Å². The second-order valence-corrected chi connectivity index (χ2v) is 4.05. The van der Waals surface area contributed by atoms with Crippen molar-refractivity contribution in [1.29, 1.82) is 0 Å². The molecule has 0 aromatic heterocycles. The third-order valence-corrected chi connectivity index (χ3v) is 2.82. The summed E-state index contributed by atoms with van der Waals surface area (Å²) in [5, 5.41) is 5.85. The van der Waals surface area contributed by atoms with Crippen LogP contribution in [-0.4, -0.2) is 32.1 Å². The second-order valence-electron chi connectivity index (χ2n) is 4.05. The van der Waals surface area contributed by atoms with E-state index in [1.54, 1.807) is 0 Å². The van der Waals surface area contributed by atoms with E-state index < -0.39 is 0 Å². The second kappa shape index (κ2) is 7.71. The highest BCUT2D eigenvalue weighted by Crippen LogP contribution is 2.17. The van der Waals surface area contributed by atoms with Crippen molar-refractivity contribution in [2.75, 3.05) is 36.4 Å². The van der Waals surface area contributed by atoms with Crippen molar-refractivity contribution in [2.24, 2.45) is 0 Å². The van der Waals surface area contributed by atoms with Gasteiger partial charge in [0.05, 0.1) is 6.54 Å². The average molecular weight is 249 g/mol. The van der Waals surface area contributed by atoms with Gasteiger partial charge in [0, 0.05) is 24.5 Å². The molecule has 0 aliphatic rings. The first-order valence-electron chi connectivity index (χ1n) is 6.56. The number of rotatable bonds is 7. The number of benzene rings is 1. The fraction of sp³-hybridized carbons (Fsp3) is 0.500. The summed E-state index contributed by atoms with van der Waals surface area (Å²) in [6, 6.07) is 7.96. The van der Waals surface area contributed by atoms with E-state index in [0.717, 1.165) is 25.3 Å². The molecule has 1 aromatic rings. The number of anilines is 2. The van der Waals surface area contributed by atoms with Crippen LogP contribution in [0.5, 0.6) is 0 Å². The molecular weight excluding hydrogens is 226 g/mol. The van der Waals surface area contributed by atoms with E-state index in [1.165, 1.54) is 5.69 Å². The lowest BCUT2D eigenvalue weighted by atomic mass is 10.2. The molecule has 0 aliphatic carbocycles. The van der Waals surface area contributed by atoms with E-state index in [0.29, 0.717) is 6.54 Å². The average Bonchev–Trinajstić information content (AvgIpc) is 2.40. The third kappa shape index (κ3) is 4.37. The van der Waals surface area contributed by atoms with Gasteiger partial charge in [-0.3, -0.25) is 4.79 Å². The molecule has 0 heterocycles. The molecule has 0 spiro atoms. The molecule has 0 bridgehead atoms. The Morgan fingerprint density at radius 3 is 2.22 bits per heavy atom. The maximum Gasteiger partial charge on any atom is 0.238 e. The van der Waals surface area contributed by atoms with Gasteiger partial charge in [0.25, 0.3) is 0 Å². The molecular formula is C14H23N3O. The Morgan fingerprint density at radius 2 is 1.72 bits per heavy atom. The fourth-order valence-electron chi connectivity index (χ4n) is 1.79. The van der Waals surface area contributed by atoms with Crippen LogP contribution in [0.3, 0.4) is 0 Å². The molecule has 0 aliphatic heterocycles. The predicted octanol–water partition coefficient (Wildman–Crippen LogP) is 2.08. The Kier molecular flexibility index (Phi) is 6.22. The molecule has 1 rings (SSSR count). The van der Waals surface area contributed by atoms with Crippen molar-refractivity contribution < 1.29 is 4.79 Å². The Bertz CT molecular complexity index is 358. The number of hydrogen-bond acceptors (Lipinski definition) is 3. The summed E-state index contributed by atoms with van der Waals surface area (Å²) in [4.78, 5) is 13.8. The van der Waals surface area contributed by atoms with Gasteiger partial charge in [0.15, 0.2) is 0 Å². The molecule has 4 nitrogen and oxygen atoms in total. The molecule has 0 atom stereocenters. The lowest BCUT2D eigenvalue weighted by molar-refractivity contribution is -0.115. The number of nitrogens with zero attached hydrogens (tertiary/aromatic N) is 1. The van der Waals surface area contributed by atoms with E-state index in [9.17, 15) is 4.79 Å². The zero-order valence-corrected chi connectivity index (χ0v) is 11.5. The molecule has 0 saturated heterocycles. The number of carbonyl (C=O) groups is 1. The molecule has 0 fully saturated rings. The van der Waals surface area contributed by atoms with Gasteiger partial charge in [0.1, 0.15) is 0 Å². The largest absolute Gasteiger partial charge is 0.372 e. The molecule has 1 aromatic carbocycles. The number of carbonyl (C=O) groups excluding carboxylic acids is 1. The molecule has 0 radical (unpaired) electrons. The van der Waals surface area contributed by atoms with E-state index in [2.05, 4.69) is 29.4 Å². The van der Waals surface area contributed by atoms with Crippen LogP contribution in [0, 0.1) is 0 Å². The normalized spacial score (nSPS) is 10.2. The van der Waals surface area contributed by atoms with Crippen LogP contribution in [0.15, 0.2) is 24.3 Å². The van der Waals surface area contributed by atoms with Crippen LogP contribution in [0.1, 0.15) is 20.8 Å². The minimum Gasteiger partial charge on any atom is -0.372 e. The van der Waals surface area contributed by atoms with Gasteiger partial charge in [-0.2, -0.15) is 0 Å². The van der Waals surface area contributed by atoms with E-state index in [1.807, 2.05) is 31.2 Å². The maximum absolute atomic E-state index is 11.5. The first kappa shape index (κ1) is 14.5. The van der Waals surface area contributed by atoms with Crippen LogP contribution in [0.2, 0.25) is 0 Å². The molecule has 0 unspecified atom stereocenters. The van der Waals surface area contributed by atoms with Gasteiger partial charge in [-0.1, -0.05) is 6.92 Å². The van der Waals surface area contributed by atoms with Crippen LogP contribution >= 0.6 is 0 Å². The zero-order chi connectivity index (χ0) is 13.4. The van der Waals surface area contributed by atoms with Gasteiger partial charge in [-0.15, -0.1) is 0 Å². The molecule has 4 heteroatoms. The summed E-state index contributed by atoms with van der Waals surface area (Å²) in [6.07, 6.45) is 0.